The van der Waals surface area contributed by atoms with Crippen LogP contribution in [0.1, 0.15) is 5.56 Å². The molecule has 4 nitrogen and oxygen atoms in total. The number of benzene rings is 2. The Labute approximate surface area is 130 Å². The summed E-state index contributed by atoms with van der Waals surface area (Å²) in [7, 11) is 0. The van der Waals surface area contributed by atoms with E-state index in [0.717, 1.165) is 5.56 Å². The van der Waals surface area contributed by atoms with Crippen molar-refractivity contribution in [2.24, 2.45) is 4.99 Å². The van der Waals surface area contributed by atoms with Crippen LogP contribution in [0, 0.1) is 5.82 Å². The lowest BCUT2D eigenvalue weighted by molar-refractivity contribution is -0.115. The maximum Gasteiger partial charge on any atom is 0.264 e. The second-order valence-corrected chi connectivity index (χ2v) is 5.58. The molecule has 1 heterocycles. The molecule has 2 aromatic rings. The summed E-state index contributed by atoms with van der Waals surface area (Å²) in [5.74, 6) is -0.400. The van der Waals surface area contributed by atoms with Gasteiger partial charge in [-0.05, 0) is 59.8 Å². The predicted octanol–water partition coefficient (Wildman–Crippen LogP) is 3.42. The molecule has 1 saturated heterocycles. The molecule has 1 aliphatic heterocycles. The topological polar surface area (TPSA) is 61.7 Å². The summed E-state index contributed by atoms with van der Waals surface area (Å²) in [5.41, 5.74) is 1.37. The zero-order valence-corrected chi connectivity index (χ0v) is 12.1. The first kappa shape index (κ1) is 14.3. The van der Waals surface area contributed by atoms with Gasteiger partial charge in [-0.25, -0.2) is 9.38 Å². The third-order valence-electron chi connectivity index (χ3n) is 2.90. The fourth-order valence-corrected chi connectivity index (χ4v) is 2.68. The number of rotatable bonds is 2. The highest BCUT2D eigenvalue weighted by Crippen LogP contribution is 2.28. The Hall–Kier alpha value is -2.60. The molecule has 1 fully saturated rings. The normalized spacial score (nSPS) is 18.0. The summed E-state index contributed by atoms with van der Waals surface area (Å²) in [4.78, 5) is 16.7. The number of carbonyl (C=O) groups is 1. The Balaban J connectivity index is 1.80. The van der Waals surface area contributed by atoms with E-state index in [0.29, 0.717) is 15.8 Å². The van der Waals surface area contributed by atoms with Gasteiger partial charge in [-0.15, -0.1) is 0 Å². The molecule has 1 amide bonds. The van der Waals surface area contributed by atoms with E-state index < -0.39 is 0 Å². The van der Waals surface area contributed by atoms with E-state index >= 15 is 0 Å². The van der Waals surface area contributed by atoms with E-state index in [2.05, 4.69) is 10.3 Å². The quantitative estimate of drug-likeness (QED) is 0.835. The van der Waals surface area contributed by atoms with Gasteiger partial charge in [-0.3, -0.25) is 4.79 Å². The first-order chi connectivity index (χ1) is 10.6. The summed E-state index contributed by atoms with van der Waals surface area (Å²) in [6.07, 6.45) is 1.71. The lowest BCUT2D eigenvalue weighted by Gasteiger charge is -1.96. The Morgan fingerprint density at radius 2 is 1.77 bits per heavy atom. The molecule has 0 unspecified atom stereocenters. The third kappa shape index (κ3) is 3.35. The largest absolute Gasteiger partial charge is 0.508 e. The minimum absolute atomic E-state index is 0.171. The van der Waals surface area contributed by atoms with Crippen LogP contribution in [0.2, 0.25) is 0 Å². The van der Waals surface area contributed by atoms with Gasteiger partial charge in [0.2, 0.25) is 0 Å². The van der Waals surface area contributed by atoms with Gasteiger partial charge in [0.25, 0.3) is 5.91 Å². The number of hydrogen-bond donors (Lipinski definition) is 2. The SMILES string of the molecule is O=C1NC(=Nc2ccc(F)cc2)S/C1=C/c1ccc(O)cc1. The molecule has 0 aromatic heterocycles. The minimum atomic E-state index is -0.333. The number of nitrogens with one attached hydrogen (secondary N) is 1. The fraction of sp³-hybridized carbons (Fsp3) is 0. The number of phenols is 1. The second kappa shape index (κ2) is 6.03. The van der Waals surface area contributed by atoms with E-state index in [1.54, 1.807) is 30.3 Å². The van der Waals surface area contributed by atoms with E-state index in [4.69, 9.17) is 0 Å². The van der Waals surface area contributed by atoms with Gasteiger partial charge in [-0.2, -0.15) is 0 Å². The van der Waals surface area contributed by atoms with Gasteiger partial charge in [0, 0.05) is 0 Å². The minimum Gasteiger partial charge on any atom is -0.508 e. The van der Waals surface area contributed by atoms with Crippen molar-refractivity contribution < 1.29 is 14.3 Å². The molecule has 0 bridgehead atoms. The van der Waals surface area contributed by atoms with Crippen molar-refractivity contribution in [1.82, 2.24) is 5.32 Å². The number of halogens is 1. The smallest absolute Gasteiger partial charge is 0.264 e. The number of hydrogen-bond acceptors (Lipinski definition) is 4. The number of phenolic OH excluding ortho intramolecular Hbond substituents is 1. The molecule has 0 atom stereocenters. The lowest BCUT2D eigenvalue weighted by Crippen LogP contribution is -2.19. The highest BCUT2D eigenvalue weighted by molar-refractivity contribution is 8.18. The van der Waals surface area contributed by atoms with Crippen molar-refractivity contribution in [2.45, 2.75) is 0 Å². The van der Waals surface area contributed by atoms with E-state index in [1.807, 2.05) is 0 Å². The Morgan fingerprint density at radius 1 is 1.09 bits per heavy atom. The fourth-order valence-electron chi connectivity index (χ4n) is 1.84. The molecule has 22 heavy (non-hydrogen) atoms. The highest BCUT2D eigenvalue weighted by atomic mass is 32.2. The molecule has 0 aliphatic carbocycles. The van der Waals surface area contributed by atoms with Crippen molar-refractivity contribution in [3.05, 3.63) is 64.8 Å². The highest BCUT2D eigenvalue weighted by Gasteiger charge is 2.23. The van der Waals surface area contributed by atoms with Crippen molar-refractivity contribution in [3.8, 4) is 5.75 Å². The second-order valence-electron chi connectivity index (χ2n) is 4.55. The van der Waals surface area contributed by atoms with Crippen LogP contribution in [0.5, 0.6) is 5.75 Å². The Morgan fingerprint density at radius 3 is 2.45 bits per heavy atom. The van der Waals surface area contributed by atoms with Crippen molar-refractivity contribution >= 4 is 34.6 Å². The lowest BCUT2D eigenvalue weighted by atomic mass is 10.2. The first-order valence-corrected chi connectivity index (χ1v) is 7.26. The molecule has 2 N–H and O–H groups in total. The molecule has 1 aliphatic rings. The van der Waals surface area contributed by atoms with Crippen LogP contribution in [0.4, 0.5) is 10.1 Å². The summed E-state index contributed by atoms with van der Waals surface area (Å²) in [5, 5.41) is 12.4. The average Bonchev–Trinajstić information content (AvgIpc) is 2.84. The monoisotopic (exact) mass is 314 g/mol. The van der Waals surface area contributed by atoms with Gasteiger partial charge in [0.1, 0.15) is 11.6 Å². The van der Waals surface area contributed by atoms with Gasteiger partial charge < -0.3 is 10.4 Å². The van der Waals surface area contributed by atoms with E-state index in [1.165, 1.54) is 36.0 Å². The molecular formula is C16H11FN2O2S. The molecule has 6 heteroatoms. The Bertz CT molecular complexity index is 768. The molecular weight excluding hydrogens is 303 g/mol. The zero-order chi connectivity index (χ0) is 15.5. The number of thioether (sulfide) groups is 1. The van der Waals surface area contributed by atoms with Crippen LogP contribution in [-0.4, -0.2) is 16.2 Å². The summed E-state index contributed by atoms with van der Waals surface area (Å²) in [6, 6.07) is 12.2. The maximum absolute atomic E-state index is 12.8. The van der Waals surface area contributed by atoms with E-state index in [9.17, 15) is 14.3 Å². The summed E-state index contributed by atoms with van der Waals surface area (Å²) in [6.45, 7) is 0. The van der Waals surface area contributed by atoms with Gasteiger partial charge in [0.15, 0.2) is 5.17 Å². The number of carbonyl (C=O) groups excluding carboxylic acids is 1. The first-order valence-electron chi connectivity index (χ1n) is 6.44. The van der Waals surface area contributed by atoms with Crippen LogP contribution >= 0.6 is 11.8 Å². The predicted molar refractivity (Wildman–Crippen MR) is 85.3 cm³/mol. The maximum atomic E-state index is 12.8. The van der Waals surface area contributed by atoms with Crippen molar-refractivity contribution in [2.75, 3.05) is 0 Å². The van der Waals surface area contributed by atoms with Crippen LogP contribution in [-0.2, 0) is 4.79 Å². The average molecular weight is 314 g/mol. The van der Waals surface area contributed by atoms with Crippen LogP contribution < -0.4 is 5.32 Å². The molecule has 2 aromatic carbocycles. The van der Waals surface area contributed by atoms with Crippen LogP contribution in [0.3, 0.4) is 0 Å². The standard InChI is InChI=1S/C16H11FN2O2S/c17-11-3-5-12(6-4-11)18-16-19-15(21)14(22-16)9-10-1-7-13(20)8-2-10/h1-9,20H,(H,18,19,21)/b14-9+. The zero-order valence-electron chi connectivity index (χ0n) is 11.3. The van der Waals surface area contributed by atoms with Gasteiger partial charge in [-0.1, -0.05) is 12.1 Å². The number of amides is 1. The number of aromatic hydroxyl groups is 1. The molecule has 0 radical (unpaired) electrons. The third-order valence-corrected chi connectivity index (χ3v) is 3.81. The summed E-state index contributed by atoms with van der Waals surface area (Å²) < 4.78 is 12.8. The Kier molecular flexibility index (Phi) is 3.93. The van der Waals surface area contributed by atoms with Gasteiger partial charge in [0.05, 0.1) is 10.6 Å². The molecule has 3 rings (SSSR count). The van der Waals surface area contributed by atoms with Crippen LogP contribution in [0.25, 0.3) is 6.08 Å². The summed E-state index contributed by atoms with van der Waals surface area (Å²) >= 11 is 1.21. The molecule has 0 saturated carbocycles. The number of amidine groups is 1. The van der Waals surface area contributed by atoms with Crippen LogP contribution in [0.15, 0.2) is 58.4 Å². The van der Waals surface area contributed by atoms with Crippen molar-refractivity contribution in [3.63, 3.8) is 0 Å². The van der Waals surface area contributed by atoms with E-state index in [-0.39, 0.29) is 17.5 Å². The molecule has 110 valence electrons. The number of aliphatic imine (C=N–C) groups is 1. The van der Waals surface area contributed by atoms with Gasteiger partial charge >= 0.3 is 0 Å². The van der Waals surface area contributed by atoms with Crippen molar-refractivity contribution in [1.29, 1.82) is 0 Å². The molecule has 0 spiro atoms. The number of nitrogens with zero attached hydrogens (tertiary/aromatic N) is 1.